The molecule has 1 aromatic rings. The smallest absolute Gasteiger partial charge is 0.328 e. The van der Waals surface area contributed by atoms with Crippen molar-refractivity contribution in [3.8, 4) is 5.75 Å². The van der Waals surface area contributed by atoms with Crippen LogP contribution in [0.5, 0.6) is 5.75 Å². The van der Waals surface area contributed by atoms with Crippen LogP contribution in [0.25, 0.3) is 5.57 Å². The summed E-state index contributed by atoms with van der Waals surface area (Å²) in [5.74, 6) is 0.0944. The summed E-state index contributed by atoms with van der Waals surface area (Å²) in [4.78, 5) is 10.8. The van der Waals surface area contributed by atoms with Crippen molar-refractivity contribution in [3.63, 3.8) is 0 Å². The van der Waals surface area contributed by atoms with Gasteiger partial charge in [-0.15, -0.1) is 0 Å². The Balaban J connectivity index is 3.52. The number of unbranched alkanes of at least 4 members (excludes halogenated alkanes) is 1. The predicted molar refractivity (Wildman–Crippen MR) is 128 cm³/mol. The van der Waals surface area contributed by atoms with Gasteiger partial charge in [0.05, 0.1) is 6.61 Å². The quantitative estimate of drug-likeness (QED) is 0.274. The SMILES string of the molecule is CCCCOc1c(C(C)(C)C)cc(/C(C)=C/C=C/C(C)=C\C(=O)O)cc1C(C)(C)C. The Morgan fingerprint density at radius 3 is 2.00 bits per heavy atom. The monoisotopic (exact) mass is 412 g/mol. The Morgan fingerprint density at radius 2 is 1.57 bits per heavy atom. The van der Waals surface area contributed by atoms with Crippen LogP contribution in [0.3, 0.4) is 0 Å². The molecule has 0 aliphatic rings. The lowest BCUT2D eigenvalue weighted by atomic mass is 9.77. The zero-order valence-corrected chi connectivity index (χ0v) is 20.3. The second-order valence-corrected chi connectivity index (χ2v) is 10.0. The van der Waals surface area contributed by atoms with Crippen molar-refractivity contribution in [2.75, 3.05) is 6.61 Å². The lowest BCUT2D eigenvalue weighted by molar-refractivity contribution is -0.131. The van der Waals surface area contributed by atoms with E-state index in [9.17, 15) is 4.79 Å². The van der Waals surface area contributed by atoms with Crippen LogP contribution in [0.15, 0.2) is 42.0 Å². The van der Waals surface area contributed by atoms with Gasteiger partial charge in [-0.1, -0.05) is 73.1 Å². The number of benzene rings is 1. The molecular weight excluding hydrogens is 372 g/mol. The number of carboxylic acids is 1. The molecule has 0 amide bonds. The summed E-state index contributed by atoms with van der Waals surface area (Å²) in [6, 6.07) is 4.49. The molecule has 166 valence electrons. The average Bonchev–Trinajstić information content (AvgIpc) is 2.59. The van der Waals surface area contributed by atoms with Crippen LogP contribution < -0.4 is 4.74 Å². The lowest BCUT2D eigenvalue weighted by Gasteiger charge is -2.31. The number of ether oxygens (including phenoxy) is 1. The molecule has 0 spiro atoms. The normalized spacial score (nSPS) is 13.8. The van der Waals surface area contributed by atoms with Gasteiger partial charge in [0.1, 0.15) is 5.75 Å². The summed E-state index contributed by atoms with van der Waals surface area (Å²) >= 11 is 0. The van der Waals surface area contributed by atoms with Crippen LogP contribution in [-0.4, -0.2) is 17.7 Å². The maximum absolute atomic E-state index is 10.8. The second-order valence-electron chi connectivity index (χ2n) is 10.0. The fraction of sp³-hybridized carbons (Fsp3) is 0.519. The van der Waals surface area contributed by atoms with Crippen molar-refractivity contribution in [1.82, 2.24) is 0 Å². The zero-order valence-electron chi connectivity index (χ0n) is 20.3. The van der Waals surface area contributed by atoms with Crippen molar-refractivity contribution in [1.29, 1.82) is 0 Å². The summed E-state index contributed by atoms with van der Waals surface area (Å²) in [5, 5.41) is 8.85. The number of carbonyl (C=O) groups is 1. The van der Waals surface area contributed by atoms with E-state index in [2.05, 4.69) is 67.5 Å². The first-order valence-corrected chi connectivity index (χ1v) is 10.9. The van der Waals surface area contributed by atoms with Gasteiger partial charge < -0.3 is 9.84 Å². The van der Waals surface area contributed by atoms with Crippen molar-refractivity contribution >= 4 is 11.5 Å². The summed E-state index contributed by atoms with van der Waals surface area (Å²) in [6.45, 7) is 20.1. The molecule has 3 heteroatoms. The van der Waals surface area contributed by atoms with E-state index in [1.54, 1.807) is 6.92 Å². The van der Waals surface area contributed by atoms with Crippen LogP contribution in [0, 0.1) is 0 Å². The first-order chi connectivity index (χ1) is 13.8. The van der Waals surface area contributed by atoms with Gasteiger partial charge in [0.2, 0.25) is 0 Å². The van der Waals surface area contributed by atoms with Crippen LogP contribution in [0.2, 0.25) is 0 Å². The molecule has 0 fully saturated rings. The number of allylic oxidation sites excluding steroid dienone is 5. The lowest BCUT2D eigenvalue weighted by Crippen LogP contribution is -2.20. The Morgan fingerprint density at radius 1 is 1.03 bits per heavy atom. The third kappa shape index (κ3) is 7.85. The highest BCUT2D eigenvalue weighted by Gasteiger charge is 2.28. The molecule has 0 aliphatic heterocycles. The van der Waals surface area contributed by atoms with Crippen molar-refractivity contribution in [2.45, 2.75) is 86.0 Å². The van der Waals surface area contributed by atoms with Gasteiger partial charge in [0.25, 0.3) is 0 Å². The van der Waals surface area contributed by atoms with E-state index >= 15 is 0 Å². The van der Waals surface area contributed by atoms with Crippen LogP contribution >= 0.6 is 0 Å². The number of aliphatic carboxylic acids is 1. The minimum Gasteiger partial charge on any atom is -0.493 e. The van der Waals surface area contributed by atoms with Crippen LogP contribution in [-0.2, 0) is 15.6 Å². The standard InChI is InChI=1S/C27H40O3/c1-10-11-15-30-25-22(26(4,5)6)17-21(18-23(25)27(7,8)9)20(3)14-12-13-19(2)16-24(28)29/h12-14,16-18H,10-11,15H2,1-9H3,(H,28,29)/b13-12+,19-16-,20-14+. The van der Waals surface area contributed by atoms with E-state index in [1.807, 2.05) is 18.2 Å². The van der Waals surface area contributed by atoms with Gasteiger partial charge in [0, 0.05) is 17.2 Å². The number of hydrogen-bond donors (Lipinski definition) is 1. The molecule has 0 unspecified atom stereocenters. The fourth-order valence-electron chi connectivity index (χ4n) is 3.13. The first kappa shape index (κ1) is 25.7. The van der Waals surface area contributed by atoms with Gasteiger partial charge in [-0.2, -0.15) is 0 Å². The Hall–Kier alpha value is -2.29. The predicted octanol–water partition coefficient (Wildman–Crippen LogP) is 7.45. The minimum atomic E-state index is -0.929. The van der Waals surface area contributed by atoms with Crippen molar-refractivity contribution < 1.29 is 14.6 Å². The summed E-state index contributed by atoms with van der Waals surface area (Å²) in [5.41, 5.74) is 5.35. The van der Waals surface area contributed by atoms with E-state index < -0.39 is 5.97 Å². The maximum Gasteiger partial charge on any atom is 0.328 e. The largest absolute Gasteiger partial charge is 0.493 e. The van der Waals surface area contributed by atoms with Crippen molar-refractivity contribution in [3.05, 3.63) is 58.7 Å². The molecule has 0 aromatic heterocycles. The molecule has 0 saturated heterocycles. The van der Waals surface area contributed by atoms with Gasteiger partial charge in [-0.25, -0.2) is 4.79 Å². The molecule has 0 atom stereocenters. The highest BCUT2D eigenvalue weighted by atomic mass is 16.5. The zero-order chi connectivity index (χ0) is 23.1. The molecule has 1 aromatic carbocycles. The van der Waals surface area contributed by atoms with Crippen molar-refractivity contribution in [2.24, 2.45) is 0 Å². The minimum absolute atomic E-state index is 0.0471. The van der Waals surface area contributed by atoms with Gasteiger partial charge in [-0.05, 0) is 59.9 Å². The Labute approximate surface area is 183 Å². The molecule has 1 rings (SSSR count). The third-order valence-corrected chi connectivity index (χ3v) is 4.96. The fourth-order valence-corrected chi connectivity index (χ4v) is 3.13. The summed E-state index contributed by atoms with van der Waals surface area (Å²) in [7, 11) is 0. The third-order valence-electron chi connectivity index (χ3n) is 4.96. The average molecular weight is 413 g/mol. The summed E-state index contributed by atoms with van der Waals surface area (Å²) in [6.07, 6.45) is 9.11. The molecule has 0 bridgehead atoms. The van der Waals surface area contributed by atoms with Crippen LogP contribution in [0.1, 0.15) is 91.8 Å². The van der Waals surface area contributed by atoms with Gasteiger partial charge in [0.15, 0.2) is 0 Å². The highest BCUT2D eigenvalue weighted by molar-refractivity contribution is 5.81. The molecule has 30 heavy (non-hydrogen) atoms. The number of hydrogen-bond acceptors (Lipinski definition) is 2. The molecule has 0 aliphatic carbocycles. The summed E-state index contributed by atoms with van der Waals surface area (Å²) < 4.78 is 6.35. The van der Waals surface area contributed by atoms with E-state index in [4.69, 9.17) is 9.84 Å². The van der Waals surface area contributed by atoms with Gasteiger partial charge in [-0.3, -0.25) is 0 Å². The second kappa shape index (κ2) is 10.7. The highest BCUT2D eigenvalue weighted by Crippen LogP contribution is 2.42. The Bertz CT molecular complexity index is 790. The van der Waals surface area contributed by atoms with E-state index in [-0.39, 0.29) is 10.8 Å². The Kier molecular flexibility index (Phi) is 9.14. The molecule has 0 saturated carbocycles. The molecule has 0 radical (unpaired) electrons. The van der Waals surface area contributed by atoms with E-state index in [0.29, 0.717) is 5.57 Å². The number of carboxylic acid groups (broad SMARTS) is 1. The number of rotatable bonds is 8. The van der Waals surface area contributed by atoms with E-state index in [1.165, 1.54) is 17.2 Å². The van der Waals surface area contributed by atoms with Crippen LogP contribution in [0.4, 0.5) is 0 Å². The topological polar surface area (TPSA) is 46.5 Å². The molecule has 0 heterocycles. The molecule has 1 N–H and O–H groups in total. The molecular formula is C27H40O3. The first-order valence-electron chi connectivity index (χ1n) is 10.9. The van der Waals surface area contributed by atoms with E-state index in [0.717, 1.165) is 36.3 Å². The van der Waals surface area contributed by atoms with Gasteiger partial charge >= 0.3 is 5.97 Å². The maximum atomic E-state index is 10.8. The molecule has 3 nitrogen and oxygen atoms in total.